The van der Waals surface area contributed by atoms with E-state index >= 15 is 0 Å². The summed E-state index contributed by atoms with van der Waals surface area (Å²) in [4.78, 5) is 13.7. The van der Waals surface area contributed by atoms with E-state index in [9.17, 15) is 4.79 Å². The van der Waals surface area contributed by atoms with Gasteiger partial charge in [-0.3, -0.25) is 4.79 Å². The molecule has 1 N–H and O–H groups in total. The predicted octanol–water partition coefficient (Wildman–Crippen LogP) is 5.33. The van der Waals surface area contributed by atoms with Gasteiger partial charge >= 0.3 is 0 Å². The molecule has 0 aromatic heterocycles. The van der Waals surface area contributed by atoms with Crippen LogP contribution in [0.3, 0.4) is 0 Å². The third kappa shape index (κ3) is 6.12. The fourth-order valence-electron chi connectivity index (χ4n) is 5.16. The lowest BCUT2D eigenvalue weighted by atomic mass is 9.78. The number of ether oxygens (including phenoxy) is 4. The number of hydrogen-bond donors (Lipinski definition) is 1. The Morgan fingerprint density at radius 3 is 2.56 bits per heavy atom. The van der Waals surface area contributed by atoms with Crippen molar-refractivity contribution in [1.29, 1.82) is 0 Å². The maximum Gasteiger partial charge on any atom is 0.252 e. The smallest absolute Gasteiger partial charge is 0.252 e. The molecule has 2 aromatic rings. The second-order valence-corrected chi connectivity index (χ2v) is 11.4. The van der Waals surface area contributed by atoms with E-state index in [0.717, 1.165) is 24.0 Å². The maximum atomic E-state index is 13.7. The fourth-order valence-corrected chi connectivity index (χ4v) is 5.38. The van der Waals surface area contributed by atoms with Gasteiger partial charge in [0.2, 0.25) is 0 Å². The van der Waals surface area contributed by atoms with Crippen molar-refractivity contribution < 1.29 is 23.7 Å². The van der Waals surface area contributed by atoms with Gasteiger partial charge in [-0.15, -0.1) is 0 Å². The first-order valence-electron chi connectivity index (χ1n) is 12.9. The van der Waals surface area contributed by atoms with Crippen LogP contribution in [0.1, 0.15) is 56.2 Å². The number of carbonyl (C=O) groups is 1. The molecule has 3 fully saturated rings. The normalized spacial score (nSPS) is 29.1. The quantitative estimate of drug-likeness (QED) is 0.491. The Balaban J connectivity index is 1.39. The minimum Gasteiger partial charge on any atom is -0.371 e. The summed E-state index contributed by atoms with van der Waals surface area (Å²) >= 11 is 6.20. The highest BCUT2D eigenvalue weighted by Crippen LogP contribution is 2.44. The highest BCUT2D eigenvalue weighted by Gasteiger charge is 2.58. The van der Waals surface area contributed by atoms with E-state index in [2.05, 4.69) is 36.5 Å². The molecule has 0 bridgehead atoms. The minimum absolute atomic E-state index is 0.105. The molecular formula is C29H36ClNO5. The summed E-state index contributed by atoms with van der Waals surface area (Å²) in [6.45, 7) is 7.24. The Hall–Kier alpha value is -1.96. The molecule has 1 unspecified atom stereocenters. The average molecular weight is 514 g/mol. The lowest BCUT2D eigenvalue weighted by Crippen LogP contribution is -2.60. The van der Waals surface area contributed by atoms with E-state index in [-0.39, 0.29) is 30.8 Å². The molecule has 1 saturated heterocycles. The van der Waals surface area contributed by atoms with Crippen LogP contribution in [0.5, 0.6) is 0 Å². The zero-order valence-electron chi connectivity index (χ0n) is 21.3. The number of hydrogen-bond acceptors (Lipinski definition) is 5. The van der Waals surface area contributed by atoms with Gasteiger partial charge in [-0.2, -0.15) is 0 Å². The molecule has 2 aliphatic carbocycles. The Kier molecular flexibility index (Phi) is 7.44. The maximum absolute atomic E-state index is 13.7. The molecule has 1 amide bonds. The van der Waals surface area contributed by atoms with Gasteiger partial charge in [-0.1, -0.05) is 53.6 Å². The molecule has 194 valence electrons. The summed E-state index contributed by atoms with van der Waals surface area (Å²) in [6.07, 6.45) is 2.16. The molecule has 1 heterocycles. The van der Waals surface area contributed by atoms with Crippen molar-refractivity contribution in [2.45, 2.75) is 89.4 Å². The van der Waals surface area contributed by atoms with E-state index in [1.165, 1.54) is 5.56 Å². The molecule has 4 atom stereocenters. The zero-order valence-corrected chi connectivity index (χ0v) is 22.1. The predicted molar refractivity (Wildman–Crippen MR) is 138 cm³/mol. The lowest BCUT2D eigenvalue weighted by molar-refractivity contribution is -0.183. The van der Waals surface area contributed by atoms with Crippen molar-refractivity contribution in [1.82, 2.24) is 5.32 Å². The molecule has 2 aromatic carbocycles. The Bertz CT molecular complexity index is 1070. The third-order valence-electron chi connectivity index (χ3n) is 7.30. The number of fused-ring (bicyclic) bond motifs is 1. The number of nitrogens with one attached hydrogen (secondary N) is 1. The monoisotopic (exact) mass is 513 g/mol. The van der Waals surface area contributed by atoms with Crippen LogP contribution in [-0.4, -0.2) is 42.2 Å². The number of halogens is 1. The van der Waals surface area contributed by atoms with Crippen LogP contribution < -0.4 is 5.32 Å². The zero-order chi connectivity index (χ0) is 25.3. The minimum atomic E-state index is -1.10. The van der Waals surface area contributed by atoms with E-state index in [1.807, 2.05) is 38.1 Å². The summed E-state index contributed by atoms with van der Waals surface area (Å²) in [5, 5.41) is 3.80. The van der Waals surface area contributed by atoms with Gasteiger partial charge in [0, 0.05) is 24.4 Å². The van der Waals surface area contributed by atoms with Gasteiger partial charge < -0.3 is 24.3 Å². The summed E-state index contributed by atoms with van der Waals surface area (Å²) in [5.74, 6) is -0.296. The van der Waals surface area contributed by atoms with Crippen LogP contribution in [0, 0.1) is 12.8 Å². The number of carbonyl (C=O) groups excluding carboxylic acids is 1. The SMILES string of the molecule is Cc1ccc(COC2C[C@](OCc3cccc(Cl)c3)(C(=O)NCC3CC3)C[C@H]3OC(C)(C)O[C@@H]23)cc1. The Morgan fingerprint density at radius 2 is 1.83 bits per heavy atom. The molecule has 2 saturated carbocycles. The van der Waals surface area contributed by atoms with Gasteiger partial charge in [0.05, 0.1) is 25.4 Å². The second kappa shape index (κ2) is 10.4. The van der Waals surface area contributed by atoms with Gasteiger partial charge in [-0.25, -0.2) is 0 Å². The standard InChI is InChI=1S/C29H36ClNO5/c1-19-7-9-21(10-8-19)17-33-24-14-29(27(32)31-16-20-11-12-20,15-25-26(24)36-28(2,3)35-25)34-18-22-5-4-6-23(30)13-22/h4-10,13,20,24-26H,11-12,14-18H2,1-3H3,(H,31,32)/t24?,25-,26+,29-/m1/s1. The molecule has 36 heavy (non-hydrogen) atoms. The summed E-state index contributed by atoms with van der Waals surface area (Å²) in [6, 6.07) is 15.8. The van der Waals surface area contributed by atoms with Crippen LogP contribution in [-0.2, 0) is 37.0 Å². The third-order valence-corrected chi connectivity index (χ3v) is 7.54. The highest BCUT2D eigenvalue weighted by atomic mass is 35.5. The number of rotatable bonds is 9. The number of benzene rings is 2. The van der Waals surface area contributed by atoms with Gasteiger partial charge in [-0.05, 0) is 62.8 Å². The molecule has 3 aliphatic rings. The van der Waals surface area contributed by atoms with Crippen LogP contribution >= 0.6 is 11.6 Å². The molecule has 7 heteroatoms. The van der Waals surface area contributed by atoms with Crippen molar-refractivity contribution in [2.24, 2.45) is 5.92 Å². The van der Waals surface area contributed by atoms with Crippen molar-refractivity contribution >= 4 is 17.5 Å². The van der Waals surface area contributed by atoms with Crippen molar-refractivity contribution in [2.75, 3.05) is 6.54 Å². The largest absolute Gasteiger partial charge is 0.371 e. The van der Waals surface area contributed by atoms with Crippen LogP contribution in [0.4, 0.5) is 0 Å². The van der Waals surface area contributed by atoms with Crippen LogP contribution in [0.2, 0.25) is 5.02 Å². The van der Waals surface area contributed by atoms with E-state index < -0.39 is 11.4 Å². The van der Waals surface area contributed by atoms with Gasteiger partial charge in [0.1, 0.15) is 6.10 Å². The Morgan fingerprint density at radius 1 is 1.06 bits per heavy atom. The Labute approximate surface area is 218 Å². The van der Waals surface area contributed by atoms with Gasteiger partial charge in [0.15, 0.2) is 11.4 Å². The van der Waals surface area contributed by atoms with Crippen molar-refractivity contribution in [3.63, 3.8) is 0 Å². The van der Waals surface area contributed by atoms with Crippen LogP contribution in [0.25, 0.3) is 0 Å². The molecular weight excluding hydrogens is 478 g/mol. The molecule has 5 rings (SSSR count). The first-order chi connectivity index (χ1) is 17.2. The highest BCUT2D eigenvalue weighted by molar-refractivity contribution is 6.30. The lowest BCUT2D eigenvalue weighted by Gasteiger charge is -2.43. The average Bonchev–Trinajstić information content (AvgIpc) is 3.61. The van der Waals surface area contributed by atoms with Crippen molar-refractivity contribution in [3.8, 4) is 0 Å². The summed E-state index contributed by atoms with van der Waals surface area (Å²) in [7, 11) is 0. The molecule has 1 aliphatic heterocycles. The summed E-state index contributed by atoms with van der Waals surface area (Å²) < 4.78 is 25.5. The number of aryl methyl sites for hydroxylation is 1. The molecule has 0 spiro atoms. The van der Waals surface area contributed by atoms with Gasteiger partial charge in [0.25, 0.3) is 5.91 Å². The topological polar surface area (TPSA) is 66.0 Å². The number of amides is 1. The molecule has 6 nitrogen and oxygen atoms in total. The summed E-state index contributed by atoms with van der Waals surface area (Å²) in [5.41, 5.74) is 2.09. The van der Waals surface area contributed by atoms with E-state index in [0.29, 0.717) is 36.9 Å². The fraction of sp³-hybridized carbons (Fsp3) is 0.552. The molecule has 0 radical (unpaired) electrons. The van der Waals surface area contributed by atoms with E-state index in [4.69, 9.17) is 30.5 Å². The first-order valence-corrected chi connectivity index (χ1v) is 13.3. The first kappa shape index (κ1) is 25.7. The van der Waals surface area contributed by atoms with E-state index in [1.54, 1.807) is 0 Å². The second-order valence-electron chi connectivity index (χ2n) is 10.9. The van der Waals surface area contributed by atoms with Crippen molar-refractivity contribution in [3.05, 3.63) is 70.2 Å². The van der Waals surface area contributed by atoms with Crippen LogP contribution in [0.15, 0.2) is 48.5 Å².